The third-order valence-corrected chi connectivity index (χ3v) is 4.10. The fourth-order valence-corrected chi connectivity index (χ4v) is 2.27. The zero-order valence-corrected chi connectivity index (χ0v) is 16.1. The highest BCUT2D eigenvalue weighted by Crippen LogP contribution is 2.20. The maximum Gasteiger partial charge on any atom is 0.276 e. The summed E-state index contributed by atoms with van der Waals surface area (Å²) in [6.45, 7) is 4.28. The molecule has 0 fully saturated rings. The maximum atomic E-state index is 12.2. The van der Waals surface area contributed by atoms with Crippen molar-refractivity contribution in [3.05, 3.63) is 58.6 Å². The number of rotatable bonds is 8. The summed E-state index contributed by atoms with van der Waals surface area (Å²) in [5.74, 6) is 0.220. The van der Waals surface area contributed by atoms with Gasteiger partial charge in [-0.2, -0.15) is 0 Å². The Kier molecular flexibility index (Phi) is 7.95. The van der Waals surface area contributed by atoms with E-state index in [0.717, 1.165) is 18.4 Å². The molecule has 2 rings (SSSR count). The molecule has 6 nitrogen and oxygen atoms in total. The standard InChI is InChI=1S/C20H23ClN2O4/c1-3-4-10-26-16-7-5-6-15(12-16)20(25)23-22-19(24)13-27-17-8-9-18(21)14(2)11-17/h5-9,11-12H,3-4,10,13H2,1-2H3,(H,22,24)(H,23,25). The first-order chi connectivity index (χ1) is 13.0. The first kappa shape index (κ1) is 20.6. The molecular formula is C20H23ClN2O4. The lowest BCUT2D eigenvalue weighted by molar-refractivity contribution is -0.123. The van der Waals surface area contributed by atoms with Crippen LogP contribution in [-0.4, -0.2) is 25.0 Å². The minimum atomic E-state index is -0.480. The summed E-state index contributed by atoms with van der Waals surface area (Å²) in [4.78, 5) is 24.0. The minimum absolute atomic E-state index is 0.235. The second kappa shape index (κ2) is 10.4. The number of amides is 2. The van der Waals surface area contributed by atoms with Crippen LogP contribution in [0.5, 0.6) is 11.5 Å². The van der Waals surface area contributed by atoms with Crippen molar-refractivity contribution in [2.24, 2.45) is 0 Å². The number of unbranched alkanes of at least 4 members (excludes halogenated alkanes) is 1. The van der Waals surface area contributed by atoms with E-state index in [1.807, 2.05) is 6.92 Å². The smallest absolute Gasteiger partial charge is 0.276 e. The molecule has 2 N–H and O–H groups in total. The van der Waals surface area contributed by atoms with Gasteiger partial charge >= 0.3 is 0 Å². The number of hydrogen-bond donors (Lipinski definition) is 2. The Morgan fingerprint density at radius 2 is 1.81 bits per heavy atom. The van der Waals surface area contributed by atoms with Crippen LogP contribution in [0.3, 0.4) is 0 Å². The van der Waals surface area contributed by atoms with Crippen molar-refractivity contribution in [2.45, 2.75) is 26.7 Å². The van der Waals surface area contributed by atoms with Crippen LogP contribution < -0.4 is 20.3 Å². The Labute approximate surface area is 163 Å². The molecule has 0 radical (unpaired) electrons. The van der Waals surface area contributed by atoms with Crippen LogP contribution in [0.1, 0.15) is 35.7 Å². The van der Waals surface area contributed by atoms with Gasteiger partial charge in [0, 0.05) is 10.6 Å². The van der Waals surface area contributed by atoms with Crippen LogP contribution >= 0.6 is 11.6 Å². The largest absolute Gasteiger partial charge is 0.494 e. The molecule has 0 saturated carbocycles. The predicted octanol–water partition coefficient (Wildman–Crippen LogP) is 3.67. The monoisotopic (exact) mass is 390 g/mol. The zero-order chi connectivity index (χ0) is 19.6. The molecule has 0 spiro atoms. The van der Waals surface area contributed by atoms with E-state index in [1.54, 1.807) is 42.5 Å². The van der Waals surface area contributed by atoms with Crippen LogP contribution in [0.25, 0.3) is 0 Å². The van der Waals surface area contributed by atoms with Crippen LogP contribution in [0.2, 0.25) is 5.02 Å². The lowest BCUT2D eigenvalue weighted by Crippen LogP contribution is -2.43. The Morgan fingerprint density at radius 3 is 2.56 bits per heavy atom. The van der Waals surface area contributed by atoms with E-state index in [0.29, 0.717) is 28.7 Å². The molecule has 0 heterocycles. The Balaban J connectivity index is 1.79. The number of benzene rings is 2. The molecule has 0 aromatic heterocycles. The molecule has 0 aliphatic carbocycles. The van der Waals surface area contributed by atoms with Crippen LogP contribution in [0, 0.1) is 6.92 Å². The van der Waals surface area contributed by atoms with Gasteiger partial charge in [-0.3, -0.25) is 20.4 Å². The topological polar surface area (TPSA) is 76.7 Å². The molecule has 0 bridgehead atoms. The van der Waals surface area contributed by atoms with Crippen molar-refractivity contribution in [1.82, 2.24) is 10.9 Å². The Bertz CT molecular complexity index is 795. The summed E-state index contributed by atoms with van der Waals surface area (Å²) in [6.07, 6.45) is 1.98. The van der Waals surface area contributed by atoms with E-state index in [4.69, 9.17) is 21.1 Å². The van der Waals surface area contributed by atoms with E-state index in [9.17, 15) is 9.59 Å². The van der Waals surface area contributed by atoms with E-state index in [2.05, 4.69) is 17.8 Å². The highest BCUT2D eigenvalue weighted by molar-refractivity contribution is 6.31. The van der Waals surface area contributed by atoms with Crippen molar-refractivity contribution >= 4 is 23.4 Å². The van der Waals surface area contributed by atoms with Crippen molar-refractivity contribution in [3.63, 3.8) is 0 Å². The van der Waals surface area contributed by atoms with Gasteiger partial charge in [-0.1, -0.05) is 31.0 Å². The summed E-state index contributed by atoms with van der Waals surface area (Å²) in [6, 6.07) is 11.9. The molecule has 0 saturated heterocycles. The summed E-state index contributed by atoms with van der Waals surface area (Å²) in [5.41, 5.74) is 5.91. The van der Waals surface area contributed by atoms with Crippen molar-refractivity contribution < 1.29 is 19.1 Å². The maximum absolute atomic E-state index is 12.2. The fourth-order valence-electron chi connectivity index (χ4n) is 2.15. The number of hydrazine groups is 1. The van der Waals surface area contributed by atoms with Gasteiger partial charge in [0.2, 0.25) is 0 Å². The second-order valence-corrected chi connectivity index (χ2v) is 6.34. The normalized spacial score (nSPS) is 10.2. The quantitative estimate of drug-likeness (QED) is 0.532. The molecule has 7 heteroatoms. The molecule has 2 amide bonds. The number of halogens is 1. The first-order valence-electron chi connectivity index (χ1n) is 8.70. The molecular weight excluding hydrogens is 368 g/mol. The van der Waals surface area contributed by atoms with Gasteiger partial charge in [0.25, 0.3) is 11.8 Å². The zero-order valence-electron chi connectivity index (χ0n) is 15.4. The van der Waals surface area contributed by atoms with Crippen molar-refractivity contribution in [1.29, 1.82) is 0 Å². The van der Waals surface area contributed by atoms with Crippen LogP contribution in [0.15, 0.2) is 42.5 Å². The number of carbonyl (C=O) groups excluding carboxylic acids is 2. The number of hydrogen-bond acceptors (Lipinski definition) is 4. The van der Waals surface area contributed by atoms with Crippen molar-refractivity contribution in [2.75, 3.05) is 13.2 Å². The molecule has 27 heavy (non-hydrogen) atoms. The summed E-state index contributed by atoms with van der Waals surface area (Å²) in [7, 11) is 0. The van der Waals surface area contributed by atoms with E-state index in [-0.39, 0.29) is 6.61 Å². The summed E-state index contributed by atoms with van der Waals surface area (Å²) < 4.78 is 10.9. The summed E-state index contributed by atoms with van der Waals surface area (Å²) >= 11 is 5.94. The predicted molar refractivity (Wildman–Crippen MR) is 104 cm³/mol. The highest BCUT2D eigenvalue weighted by Gasteiger charge is 2.09. The molecule has 2 aromatic carbocycles. The van der Waals surface area contributed by atoms with E-state index < -0.39 is 11.8 Å². The third-order valence-electron chi connectivity index (χ3n) is 3.68. The van der Waals surface area contributed by atoms with Crippen LogP contribution in [-0.2, 0) is 4.79 Å². The SMILES string of the molecule is CCCCOc1cccc(C(=O)NNC(=O)COc2ccc(Cl)c(C)c2)c1. The fraction of sp³-hybridized carbons (Fsp3) is 0.300. The van der Waals surface area contributed by atoms with Crippen molar-refractivity contribution in [3.8, 4) is 11.5 Å². The first-order valence-corrected chi connectivity index (χ1v) is 9.08. The van der Waals surface area contributed by atoms with E-state index >= 15 is 0 Å². The van der Waals surface area contributed by atoms with Gasteiger partial charge in [0.15, 0.2) is 6.61 Å². The Morgan fingerprint density at radius 1 is 1.04 bits per heavy atom. The number of ether oxygens (including phenoxy) is 2. The molecule has 144 valence electrons. The lowest BCUT2D eigenvalue weighted by Gasteiger charge is -2.10. The average Bonchev–Trinajstić information content (AvgIpc) is 2.67. The second-order valence-electron chi connectivity index (χ2n) is 5.93. The molecule has 2 aromatic rings. The summed E-state index contributed by atoms with van der Waals surface area (Å²) in [5, 5.41) is 0.625. The average molecular weight is 391 g/mol. The number of nitrogens with one attached hydrogen (secondary N) is 2. The van der Waals surface area contributed by atoms with Crippen LogP contribution in [0.4, 0.5) is 0 Å². The number of carbonyl (C=O) groups is 2. The highest BCUT2D eigenvalue weighted by atomic mass is 35.5. The number of aryl methyl sites for hydroxylation is 1. The van der Waals surface area contributed by atoms with E-state index in [1.165, 1.54) is 0 Å². The van der Waals surface area contributed by atoms with Gasteiger partial charge in [0.1, 0.15) is 11.5 Å². The molecule has 0 aliphatic heterocycles. The Hall–Kier alpha value is -2.73. The van der Waals surface area contributed by atoms with Gasteiger partial charge in [-0.05, 0) is 55.3 Å². The van der Waals surface area contributed by atoms with Gasteiger partial charge in [0.05, 0.1) is 6.61 Å². The molecule has 0 atom stereocenters. The van der Waals surface area contributed by atoms with Gasteiger partial charge < -0.3 is 9.47 Å². The minimum Gasteiger partial charge on any atom is -0.494 e. The third kappa shape index (κ3) is 6.83. The van der Waals surface area contributed by atoms with Gasteiger partial charge in [-0.15, -0.1) is 0 Å². The molecule has 0 unspecified atom stereocenters. The lowest BCUT2D eigenvalue weighted by atomic mass is 10.2. The van der Waals surface area contributed by atoms with Gasteiger partial charge in [-0.25, -0.2) is 0 Å². The molecule has 0 aliphatic rings.